The molecule has 1 heterocycles. The van der Waals surface area contributed by atoms with Gasteiger partial charge < -0.3 is 10.8 Å². The Balaban J connectivity index is 2.63. The van der Waals surface area contributed by atoms with Gasteiger partial charge in [-0.15, -0.1) is 0 Å². The van der Waals surface area contributed by atoms with Crippen molar-refractivity contribution in [2.45, 2.75) is 6.61 Å². The number of hydrogen-bond acceptors (Lipinski definition) is 3. The zero-order valence-corrected chi connectivity index (χ0v) is 10.3. The minimum absolute atomic E-state index is 0.109. The number of benzene rings is 1. The van der Waals surface area contributed by atoms with Crippen LogP contribution in [0.4, 0.5) is 5.82 Å². The van der Waals surface area contributed by atoms with Gasteiger partial charge in [0.25, 0.3) is 0 Å². The van der Waals surface area contributed by atoms with E-state index in [9.17, 15) is 5.11 Å². The summed E-state index contributed by atoms with van der Waals surface area (Å²) < 4.78 is 0. The second-order valence-corrected chi connectivity index (χ2v) is 4.33. The van der Waals surface area contributed by atoms with Crippen molar-refractivity contribution in [3.05, 3.63) is 46.1 Å². The SMILES string of the molecule is Nc1nccc(CO)c1-c1ccc(Cl)c(Cl)c1. The number of rotatable bonds is 2. The molecule has 0 unspecified atom stereocenters. The fourth-order valence-corrected chi connectivity index (χ4v) is 1.93. The molecule has 0 saturated carbocycles. The summed E-state index contributed by atoms with van der Waals surface area (Å²) in [6, 6.07) is 6.90. The highest BCUT2D eigenvalue weighted by Crippen LogP contribution is 2.32. The Morgan fingerprint density at radius 2 is 1.94 bits per heavy atom. The van der Waals surface area contributed by atoms with Crippen molar-refractivity contribution in [1.82, 2.24) is 4.98 Å². The van der Waals surface area contributed by atoms with E-state index in [1.54, 1.807) is 30.5 Å². The molecule has 5 heteroatoms. The average Bonchev–Trinajstić information content (AvgIpc) is 2.32. The highest BCUT2D eigenvalue weighted by atomic mass is 35.5. The van der Waals surface area contributed by atoms with Gasteiger partial charge in [-0.25, -0.2) is 4.98 Å². The second kappa shape index (κ2) is 4.92. The largest absolute Gasteiger partial charge is 0.392 e. The first kappa shape index (κ1) is 12.2. The zero-order chi connectivity index (χ0) is 12.4. The lowest BCUT2D eigenvalue weighted by molar-refractivity contribution is 0.282. The fourth-order valence-electron chi connectivity index (χ4n) is 1.64. The van der Waals surface area contributed by atoms with Crippen LogP contribution >= 0.6 is 23.2 Å². The minimum atomic E-state index is -0.109. The third-order valence-corrected chi connectivity index (χ3v) is 3.18. The van der Waals surface area contributed by atoms with Crippen molar-refractivity contribution in [1.29, 1.82) is 0 Å². The number of aliphatic hydroxyl groups is 1. The molecule has 1 aromatic heterocycles. The Hall–Kier alpha value is -1.29. The lowest BCUT2D eigenvalue weighted by Crippen LogP contribution is -1.98. The molecule has 0 bridgehead atoms. The lowest BCUT2D eigenvalue weighted by Gasteiger charge is -2.10. The van der Waals surface area contributed by atoms with Crippen LogP contribution in [-0.4, -0.2) is 10.1 Å². The maximum atomic E-state index is 9.29. The van der Waals surface area contributed by atoms with Gasteiger partial charge in [0.1, 0.15) is 5.82 Å². The fraction of sp³-hybridized carbons (Fsp3) is 0.0833. The summed E-state index contributed by atoms with van der Waals surface area (Å²) in [5, 5.41) is 10.2. The number of nitrogens with zero attached hydrogens (tertiary/aromatic N) is 1. The summed E-state index contributed by atoms with van der Waals surface area (Å²) in [4.78, 5) is 4.01. The number of aromatic nitrogens is 1. The van der Waals surface area contributed by atoms with E-state index in [-0.39, 0.29) is 6.61 Å². The van der Waals surface area contributed by atoms with Crippen molar-refractivity contribution >= 4 is 29.0 Å². The molecular weight excluding hydrogens is 259 g/mol. The van der Waals surface area contributed by atoms with Crippen LogP contribution in [0.15, 0.2) is 30.5 Å². The van der Waals surface area contributed by atoms with E-state index in [4.69, 9.17) is 28.9 Å². The number of nitrogens with two attached hydrogens (primary N) is 1. The van der Waals surface area contributed by atoms with Crippen LogP contribution in [0.5, 0.6) is 0 Å². The highest BCUT2D eigenvalue weighted by Gasteiger charge is 2.10. The Kier molecular flexibility index (Phi) is 3.52. The molecule has 88 valence electrons. The van der Waals surface area contributed by atoms with Gasteiger partial charge in [-0.05, 0) is 29.3 Å². The lowest BCUT2D eigenvalue weighted by atomic mass is 10.0. The molecule has 0 atom stereocenters. The van der Waals surface area contributed by atoms with Gasteiger partial charge >= 0.3 is 0 Å². The van der Waals surface area contributed by atoms with Crippen molar-refractivity contribution < 1.29 is 5.11 Å². The molecule has 1 aromatic carbocycles. The second-order valence-electron chi connectivity index (χ2n) is 3.52. The average molecular weight is 269 g/mol. The molecule has 3 N–H and O–H groups in total. The normalized spacial score (nSPS) is 10.5. The molecule has 0 spiro atoms. The number of pyridine rings is 1. The molecule has 2 rings (SSSR count). The molecule has 2 aromatic rings. The van der Waals surface area contributed by atoms with E-state index in [1.165, 1.54) is 0 Å². The van der Waals surface area contributed by atoms with Gasteiger partial charge in [-0.1, -0.05) is 29.3 Å². The first-order chi connectivity index (χ1) is 8.13. The summed E-state index contributed by atoms with van der Waals surface area (Å²) in [6.45, 7) is -0.109. The van der Waals surface area contributed by atoms with E-state index in [0.717, 1.165) is 5.56 Å². The van der Waals surface area contributed by atoms with Gasteiger partial charge in [-0.3, -0.25) is 0 Å². The molecule has 0 aliphatic heterocycles. The van der Waals surface area contributed by atoms with Crippen molar-refractivity contribution in [3.8, 4) is 11.1 Å². The molecule has 0 aliphatic carbocycles. The quantitative estimate of drug-likeness (QED) is 0.880. The molecule has 0 amide bonds. The molecule has 0 radical (unpaired) electrons. The highest BCUT2D eigenvalue weighted by molar-refractivity contribution is 6.42. The van der Waals surface area contributed by atoms with Crippen LogP contribution < -0.4 is 5.73 Å². The summed E-state index contributed by atoms with van der Waals surface area (Å²) in [6.07, 6.45) is 1.56. The van der Waals surface area contributed by atoms with Crippen LogP contribution in [0.2, 0.25) is 10.0 Å². The third kappa shape index (κ3) is 2.36. The van der Waals surface area contributed by atoms with Crippen LogP contribution in [0.1, 0.15) is 5.56 Å². The maximum Gasteiger partial charge on any atom is 0.131 e. The van der Waals surface area contributed by atoms with Gasteiger partial charge in [-0.2, -0.15) is 0 Å². The van der Waals surface area contributed by atoms with Crippen molar-refractivity contribution in [2.75, 3.05) is 5.73 Å². The standard InChI is InChI=1S/C12H10Cl2N2O/c13-9-2-1-7(5-10(9)14)11-8(6-17)3-4-16-12(11)15/h1-5,17H,6H2,(H2,15,16). The van der Waals surface area contributed by atoms with Crippen LogP contribution in [0.3, 0.4) is 0 Å². The number of anilines is 1. The van der Waals surface area contributed by atoms with E-state index >= 15 is 0 Å². The van der Waals surface area contributed by atoms with E-state index in [0.29, 0.717) is 27.0 Å². The Morgan fingerprint density at radius 3 is 2.59 bits per heavy atom. The smallest absolute Gasteiger partial charge is 0.131 e. The third-order valence-electron chi connectivity index (χ3n) is 2.45. The van der Waals surface area contributed by atoms with Gasteiger partial charge in [0, 0.05) is 11.8 Å². The topological polar surface area (TPSA) is 59.1 Å². The summed E-state index contributed by atoms with van der Waals surface area (Å²) in [7, 11) is 0. The van der Waals surface area contributed by atoms with Gasteiger partial charge in [0.15, 0.2) is 0 Å². The predicted octanol–water partition coefficient (Wildman–Crippen LogP) is 3.13. The first-order valence-electron chi connectivity index (χ1n) is 4.93. The van der Waals surface area contributed by atoms with Crippen molar-refractivity contribution in [2.24, 2.45) is 0 Å². The first-order valence-corrected chi connectivity index (χ1v) is 5.68. The molecule has 0 aliphatic rings. The predicted molar refractivity (Wildman–Crippen MR) is 70.0 cm³/mol. The number of aliphatic hydroxyl groups excluding tert-OH is 1. The Bertz CT molecular complexity index is 558. The minimum Gasteiger partial charge on any atom is -0.392 e. The number of halogens is 2. The molecule has 0 fully saturated rings. The molecule has 17 heavy (non-hydrogen) atoms. The maximum absolute atomic E-state index is 9.29. The van der Waals surface area contributed by atoms with E-state index < -0.39 is 0 Å². The monoisotopic (exact) mass is 268 g/mol. The summed E-state index contributed by atoms with van der Waals surface area (Å²) >= 11 is 11.8. The van der Waals surface area contributed by atoms with Crippen LogP contribution in [-0.2, 0) is 6.61 Å². The molecule has 3 nitrogen and oxygen atoms in total. The van der Waals surface area contributed by atoms with Crippen molar-refractivity contribution in [3.63, 3.8) is 0 Å². The van der Waals surface area contributed by atoms with Crippen LogP contribution in [0.25, 0.3) is 11.1 Å². The molecular formula is C12H10Cl2N2O. The number of hydrogen-bond donors (Lipinski definition) is 2. The Morgan fingerprint density at radius 1 is 1.18 bits per heavy atom. The zero-order valence-electron chi connectivity index (χ0n) is 8.82. The van der Waals surface area contributed by atoms with Crippen LogP contribution in [0, 0.1) is 0 Å². The number of nitrogen functional groups attached to an aromatic ring is 1. The van der Waals surface area contributed by atoms with E-state index in [1.807, 2.05) is 0 Å². The summed E-state index contributed by atoms with van der Waals surface area (Å²) in [5.74, 6) is 0.356. The van der Waals surface area contributed by atoms with Gasteiger partial charge in [0.05, 0.1) is 16.7 Å². The Labute approximate surface area is 109 Å². The van der Waals surface area contributed by atoms with Gasteiger partial charge in [0.2, 0.25) is 0 Å². The van der Waals surface area contributed by atoms with E-state index in [2.05, 4.69) is 4.98 Å². The summed E-state index contributed by atoms with van der Waals surface area (Å²) in [5.41, 5.74) is 8.00. The molecule has 0 saturated heterocycles.